The number of hydrogen-bond donors (Lipinski definition) is 1. The highest BCUT2D eigenvalue weighted by Crippen LogP contribution is 2.28. The number of rotatable bonds is 12. The Balaban J connectivity index is 1.37. The minimum atomic E-state index is -0.137. The molecule has 0 unspecified atom stereocenters. The largest absolute Gasteiger partial charge is 0.493 e. The van der Waals surface area contributed by atoms with E-state index in [2.05, 4.69) is 27.5 Å². The number of aromatic nitrogens is 3. The van der Waals surface area contributed by atoms with Gasteiger partial charge in [0, 0.05) is 31.9 Å². The fourth-order valence-electron chi connectivity index (χ4n) is 3.98. The summed E-state index contributed by atoms with van der Waals surface area (Å²) in [4.78, 5) is 21.1. The number of benzene rings is 2. The summed E-state index contributed by atoms with van der Waals surface area (Å²) < 4.78 is 13.7. The molecule has 180 valence electrons. The number of imidazole rings is 1. The van der Waals surface area contributed by atoms with Crippen LogP contribution in [0.2, 0.25) is 0 Å². The van der Waals surface area contributed by atoms with Gasteiger partial charge in [-0.2, -0.15) is 0 Å². The lowest BCUT2D eigenvalue weighted by molar-refractivity contribution is 0.0953. The molecule has 0 spiro atoms. The second kappa shape index (κ2) is 11.8. The van der Waals surface area contributed by atoms with Gasteiger partial charge in [0.1, 0.15) is 5.82 Å². The van der Waals surface area contributed by atoms with Gasteiger partial charge in [-0.05, 0) is 54.8 Å². The minimum Gasteiger partial charge on any atom is -0.493 e. The molecule has 0 fully saturated rings. The number of pyridine rings is 1. The summed E-state index contributed by atoms with van der Waals surface area (Å²) in [5.74, 6) is 2.25. The van der Waals surface area contributed by atoms with E-state index in [1.54, 1.807) is 31.6 Å². The highest BCUT2D eigenvalue weighted by atomic mass is 16.5. The summed E-state index contributed by atoms with van der Waals surface area (Å²) in [5, 5.41) is 2.96. The molecule has 2 heterocycles. The Morgan fingerprint density at radius 3 is 2.83 bits per heavy atom. The van der Waals surface area contributed by atoms with E-state index >= 15 is 0 Å². The highest BCUT2D eigenvalue weighted by Gasteiger charge is 2.12. The molecule has 0 aliphatic rings. The zero-order chi connectivity index (χ0) is 24.5. The van der Waals surface area contributed by atoms with Crippen LogP contribution in [0.15, 0.2) is 79.6 Å². The zero-order valence-corrected chi connectivity index (χ0v) is 19.9. The molecule has 0 saturated heterocycles. The molecule has 0 atom stereocenters. The van der Waals surface area contributed by atoms with Gasteiger partial charge >= 0.3 is 0 Å². The number of ether oxygens (including phenoxy) is 2. The third-order valence-corrected chi connectivity index (χ3v) is 5.68. The number of methoxy groups -OCH3 is 1. The summed E-state index contributed by atoms with van der Waals surface area (Å²) in [7, 11) is 1.65. The normalized spacial score (nSPS) is 10.8. The van der Waals surface area contributed by atoms with E-state index in [4.69, 9.17) is 14.5 Å². The number of nitrogens with zero attached hydrogens (tertiary/aromatic N) is 3. The van der Waals surface area contributed by atoms with E-state index < -0.39 is 0 Å². The number of para-hydroxylation sites is 2. The van der Waals surface area contributed by atoms with E-state index in [0.717, 1.165) is 53.3 Å². The molecule has 4 rings (SSSR count). The Labute approximate surface area is 205 Å². The predicted molar refractivity (Wildman–Crippen MR) is 137 cm³/mol. The van der Waals surface area contributed by atoms with Gasteiger partial charge in [0.05, 0.1) is 30.3 Å². The third-order valence-electron chi connectivity index (χ3n) is 5.68. The van der Waals surface area contributed by atoms with Gasteiger partial charge in [-0.25, -0.2) is 4.98 Å². The van der Waals surface area contributed by atoms with Crippen LogP contribution in [-0.4, -0.2) is 40.7 Å². The molecule has 0 radical (unpaired) electrons. The molecule has 0 bridgehead atoms. The molecular weight excluding hydrogens is 440 g/mol. The maximum absolute atomic E-state index is 12.3. The predicted octanol–water partition coefficient (Wildman–Crippen LogP) is 4.61. The molecule has 1 N–H and O–H groups in total. The fourth-order valence-corrected chi connectivity index (χ4v) is 3.98. The zero-order valence-electron chi connectivity index (χ0n) is 19.9. The molecule has 1 amide bonds. The van der Waals surface area contributed by atoms with Crippen LogP contribution in [0.1, 0.15) is 28.2 Å². The number of carbonyl (C=O) groups excluding carboxylic acids is 1. The van der Waals surface area contributed by atoms with Crippen LogP contribution in [0.25, 0.3) is 11.0 Å². The topological polar surface area (TPSA) is 78.3 Å². The molecule has 7 heteroatoms. The maximum Gasteiger partial charge on any atom is 0.252 e. The number of hydrogen-bond acceptors (Lipinski definition) is 5. The highest BCUT2D eigenvalue weighted by molar-refractivity contribution is 5.93. The van der Waals surface area contributed by atoms with Gasteiger partial charge in [-0.1, -0.05) is 24.3 Å². The van der Waals surface area contributed by atoms with E-state index in [1.165, 1.54) is 0 Å². The summed E-state index contributed by atoms with van der Waals surface area (Å²) in [6.45, 7) is 5.57. The van der Waals surface area contributed by atoms with Crippen molar-refractivity contribution in [2.24, 2.45) is 0 Å². The van der Waals surface area contributed by atoms with Crippen molar-refractivity contribution in [2.75, 3.05) is 20.3 Å². The molecule has 0 aliphatic heterocycles. The number of amides is 1. The van der Waals surface area contributed by atoms with Crippen molar-refractivity contribution < 1.29 is 14.3 Å². The number of carbonyl (C=O) groups is 1. The van der Waals surface area contributed by atoms with Gasteiger partial charge in [0.15, 0.2) is 11.5 Å². The lowest BCUT2D eigenvalue weighted by Gasteiger charge is -2.13. The Kier molecular flexibility index (Phi) is 8.12. The van der Waals surface area contributed by atoms with E-state index in [1.807, 2.05) is 42.5 Å². The van der Waals surface area contributed by atoms with Crippen LogP contribution in [-0.2, 0) is 19.4 Å². The van der Waals surface area contributed by atoms with Crippen LogP contribution in [0.4, 0.5) is 0 Å². The first-order valence-electron chi connectivity index (χ1n) is 11.7. The lowest BCUT2D eigenvalue weighted by atomic mass is 10.1. The first kappa shape index (κ1) is 24.0. The number of aryl methyl sites for hydroxylation is 1. The second-order valence-electron chi connectivity index (χ2n) is 8.10. The van der Waals surface area contributed by atoms with E-state index in [0.29, 0.717) is 25.1 Å². The van der Waals surface area contributed by atoms with Crippen LogP contribution in [0.5, 0.6) is 11.5 Å². The van der Waals surface area contributed by atoms with Crippen molar-refractivity contribution in [1.82, 2.24) is 19.9 Å². The van der Waals surface area contributed by atoms with Crippen molar-refractivity contribution in [3.63, 3.8) is 0 Å². The Bertz CT molecular complexity index is 1280. The summed E-state index contributed by atoms with van der Waals surface area (Å²) >= 11 is 0. The second-order valence-corrected chi connectivity index (χ2v) is 8.10. The lowest BCUT2D eigenvalue weighted by Crippen LogP contribution is -2.26. The smallest absolute Gasteiger partial charge is 0.252 e. The maximum atomic E-state index is 12.3. The summed E-state index contributed by atoms with van der Waals surface area (Å²) in [6, 6.07) is 17.5. The SMILES string of the molecule is C=CCc1ccc(OCCCn2c(CCNC(=O)c3cccnc3)nc3ccccc32)c(OC)c1. The Hall–Kier alpha value is -4.13. The van der Waals surface area contributed by atoms with Gasteiger partial charge in [0.2, 0.25) is 0 Å². The van der Waals surface area contributed by atoms with Gasteiger partial charge in [0.25, 0.3) is 5.91 Å². The average molecular weight is 471 g/mol. The number of allylic oxidation sites excluding steroid dienone is 1. The van der Waals surface area contributed by atoms with Gasteiger partial charge in [-0.3, -0.25) is 9.78 Å². The van der Waals surface area contributed by atoms with Crippen LogP contribution in [0.3, 0.4) is 0 Å². The van der Waals surface area contributed by atoms with Crippen molar-refractivity contribution in [3.8, 4) is 11.5 Å². The first-order valence-corrected chi connectivity index (χ1v) is 11.7. The first-order chi connectivity index (χ1) is 17.2. The fraction of sp³-hybridized carbons (Fsp3) is 0.250. The number of nitrogens with one attached hydrogen (secondary N) is 1. The van der Waals surface area contributed by atoms with Crippen molar-refractivity contribution >= 4 is 16.9 Å². The van der Waals surface area contributed by atoms with Crippen molar-refractivity contribution in [2.45, 2.75) is 25.8 Å². The van der Waals surface area contributed by atoms with E-state index in [-0.39, 0.29) is 5.91 Å². The number of fused-ring (bicyclic) bond motifs is 1. The van der Waals surface area contributed by atoms with Crippen LogP contribution in [0, 0.1) is 0 Å². The van der Waals surface area contributed by atoms with Crippen LogP contribution < -0.4 is 14.8 Å². The van der Waals surface area contributed by atoms with Crippen molar-refractivity contribution in [1.29, 1.82) is 0 Å². The summed E-state index contributed by atoms with van der Waals surface area (Å²) in [5.41, 5.74) is 3.70. The van der Waals surface area contributed by atoms with E-state index in [9.17, 15) is 4.79 Å². The standard InChI is InChI=1S/C28H30N4O3/c1-3-8-21-12-13-25(26(19-21)34-2)35-18-7-17-32-24-11-5-4-10-23(24)31-27(32)14-16-30-28(33)22-9-6-15-29-20-22/h3-6,9-13,15,19-20H,1,7-8,14,16-18H2,2H3,(H,30,33). The van der Waals surface area contributed by atoms with Crippen molar-refractivity contribution in [3.05, 3.63) is 96.6 Å². The molecule has 0 aliphatic carbocycles. The molecule has 0 saturated carbocycles. The molecular formula is C28H30N4O3. The van der Waals surface area contributed by atoms with Gasteiger partial charge < -0.3 is 19.4 Å². The quantitative estimate of drug-likeness (QED) is 0.242. The third kappa shape index (κ3) is 6.06. The minimum absolute atomic E-state index is 0.137. The summed E-state index contributed by atoms with van der Waals surface area (Å²) in [6.07, 6.45) is 7.29. The molecule has 4 aromatic rings. The molecule has 35 heavy (non-hydrogen) atoms. The molecule has 2 aromatic carbocycles. The van der Waals surface area contributed by atoms with Gasteiger partial charge in [-0.15, -0.1) is 6.58 Å². The Morgan fingerprint density at radius 2 is 2.03 bits per heavy atom. The Morgan fingerprint density at radius 1 is 1.14 bits per heavy atom. The molecule has 7 nitrogen and oxygen atoms in total. The average Bonchev–Trinajstić information content (AvgIpc) is 3.25. The molecule has 2 aromatic heterocycles. The van der Waals surface area contributed by atoms with Crippen LogP contribution >= 0.6 is 0 Å². The monoisotopic (exact) mass is 470 g/mol.